The van der Waals surface area contributed by atoms with E-state index in [2.05, 4.69) is 11.8 Å². The molecule has 8 heteroatoms. The van der Waals surface area contributed by atoms with Crippen molar-refractivity contribution < 1.29 is 33.3 Å². The van der Waals surface area contributed by atoms with E-state index >= 15 is 0 Å². The minimum Gasteiger partial charge on any atom is -0.492 e. The monoisotopic (exact) mass is 653 g/mol. The van der Waals surface area contributed by atoms with Gasteiger partial charge in [0.05, 0.1) is 10.8 Å². The summed E-state index contributed by atoms with van der Waals surface area (Å²) in [6, 6.07) is 19.1. The molecule has 6 rings (SSSR count). The fourth-order valence-corrected chi connectivity index (χ4v) is 6.29. The maximum Gasteiger partial charge on any atom is 0.316 e. The molecule has 3 aliphatic rings. The van der Waals surface area contributed by atoms with E-state index in [0.29, 0.717) is 29.6 Å². The fourth-order valence-electron chi connectivity index (χ4n) is 6.29. The average Bonchev–Trinajstić information content (AvgIpc) is 3.04. The third-order valence-corrected chi connectivity index (χ3v) is 9.12. The highest BCUT2D eigenvalue weighted by atomic mass is 16.5. The molecule has 1 fully saturated rings. The molecule has 0 saturated carbocycles. The first-order valence-electron chi connectivity index (χ1n) is 17.0. The summed E-state index contributed by atoms with van der Waals surface area (Å²) in [7, 11) is 0. The van der Waals surface area contributed by atoms with Gasteiger partial charge in [-0.1, -0.05) is 18.6 Å². The molecule has 0 bridgehead atoms. The standard InChI is InChI=1S/C40H47NO7/c1-38(2,3)36(42)46-28-15-17-31-33(23-28)45-25-32-30-16-14-29(47-37(43)39(4,5)6)24-34(30)48-40(7,35(31)32)26-12-11-13-27(22-26)44-21-20-41-18-9-8-10-19-41/h11-17,22-24H,8-10,18-21,25H2,1-7H3. The molecule has 1 unspecified atom stereocenters. The Bertz CT molecular complexity index is 1740. The number of piperidine rings is 1. The Balaban J connectivity index is 1.38. The Morgan fingerprint density at radius 1 is 0.771 bits per heavy atom. The van der Waals surface area contributed by atoms with Crippen LogP contribution in [0.1, 0.15) is 84.4 Å². The first-order chi connectivity index (χ1) is 22.7. The van der Waals surface area contributed by atoms with Crippen LogP contribution in [0.15, 0.2) is 60.7 Å². The Labute approximate surface area is 284 Å². The summed E-state index contributed by atoms with van der Waals surface area (Å²) in [4.78, 5) is 27.9. The van der Waals surface area contributed by atoms with Crippen LogP contribution in [0.25, 0.3) is 11.1 Å². The van der Waals surface area contributed by atoms with Gasteiger partial charge in [-0.2, -0.15) is 0 Å². The van der Waals surface area contributed by atoms with Gasteiger partial charge in [0.1, 0.15) is 42.0 Å². The first-order valence-corrected chi connectivity index (χ1v) is 17.0. The zero-order valence-electron chi connectivity index (χ0n) is 29.2. The molecular formula is C40H47NO7. The van der Waals surface area contributed by atoms with Crippen LogP contribution in [0.3, 0.4) is 0 Å². The van der Waals surface area contributed by atoms with Gasteiger partial charge in [-0.3, -0.25) is 14.5 Å². The lowest BCUT2D eigenvalue weighted by Gasteiger charge is -2.42. The van der Waals surface area contributed by atoms with Crippen LogP contribution < -0.4 is 23.7 Å². The molecule has 0 N–H and O–H groups in total. The van der Waals surface area contributed by atoms with Gasteiger partial charge >= 0.3 is 11.9 Å². The van der Waals surface area contributed by atoms with Crippen molar-refractivity contribution in [3.63, 3.8) is 0 Å². The van der Waals surface area contributed by atoms with E-state index in [1.807, 2.05) is 77.9 Å². The first kappa shape index (κ1) is 33.6. The molecule has 0 radical (unpaired) electrons. The highest BCUT2D eigenvalue weighted by Crippen LogP contribution is 2.55. The van der Waals surface area contributed by atoms with Crippen molar-refractivity contribution in [2.45, 2.75) is 73.3 Å². The Morgan fingerprint density at radius 3 is 2.04 bits per heavy atom. The number of likely N-dealkylation sites (tertiary alicyclic amines) is 1. The van der Waals surface area contributed by atoms with Crippen LogP contribution in [0.2, 0.25) is 0 Å². The number of carbonyl (C=O) groups excluding carboxylic acids is 2. The number of nitrogens with zero attached hydrogens (tertiary/aromatic N) is 1. The fraction of sp³-hybridized carbons (Fsp3) is 0.450. The van der Waals surface area contributed by atoms with Crippen LogP contribution in [0, 0.1) is 10.8 Å². The molecule has 254 valence electrons. The summed E-state index contributed by atoms with van der Waals surface area (Å²) in [5.74, 6) is 2.16. The summed E-state index contributed by atoms with van der Waals surface area (Å²) >= 11 is 0. The third-order valence-electron chi connectivity index (χ3n) is 9.12. The number of ether oxygens (including phenoxy) is 5. The van der Waals surface area contributed by atoms with Gasteiger partial charge in [-0.15, -0.1) is 0 Å². The second-order valence-electron chi connectivity index (χ2n) is 15.2. The zero-order valence-corrected chi connectivity index (χ0v) is 29.2. The molecule has 8 nitrogen and oxygen atoms in total. The number of hydrogen-bond acceptors (Lipinski definition) is 8. The minimum absolute atomic E-state index is 0.276. The summed E-state index contributed by atoms with van der Waals surface area (Å²) in [6.07, 6.45) is 3.79. The molecule has 0 aliphatic carbocycles. The van der Waals surface area contributed by atoms with Gasteiger partial charge in [0.2, 0.25) is 0 Å². The van der Waals surface area contributed by atoms with Crippen LogP contribution in [-0.4, -0.2) is 49.7 Å². The highest BCUT2D eigenvalue weighted by molar-refractivity contribution is 6.01. The molecule has 3 aromatic carbocycles. The maximum atomic E-state index is 12.7. The normalized spacial score (nSPS) is 19.2. The van der Waals surface area contributed by atoms with Gasteiger partial charge in [0, 0.05) is 46.5 Å². The van der Waals surface area contributed by atoms with Crippen LogP contribution in [0.5, 0.6) is 28.7 Å². The summed E-state index contributed by atoms with van der Waals surface area (Å²) < 4.78 is 31.1. The number of carbonyl (C=O) groups is 2. The molecule has 0 aromatic heterocycles. The van der Waals surface area contributed by atoms with E-state index < -0.39 is 16.4 Å². The summed E-state index contributed by atoms with van der Waals surface area (Å²) in [5, 5.41) is 0. The predicted octanol–water partition coefficient (Wildman–Crippen LogP) is 8.07. The second kappa shape index (κ2) is 13.0. The van der Waals surface area contributed by atoms with Crippen molar-refractivity contribution in [3.05, 3.63) is 77.4 Å². The molecule has 0 spiro atoms. The number of rotatable bonds is 7. The highest BCUT2D eigenvalue weighted by Gasteiger charge is 2.44. The van der Waals surface area contributed by atoms with E-state index in [0.717, 1.165) is 53.2 Å². The summed E-state index contributed by atoms with van der Waals surface area (Å²) in [5.41, 5.74) is 2.27. The number of esters is 2. The maximum absolute atomic E-state index is 12.7. The topological polar surface area (TPSA) is 83.5 Å². The van der Waals surface area contributed by atoms with Crippen molar-refractivity contribution in [3.8, 4) is 28.7 Å². The number of benzene rings is 3. The van der Waals surface area contributed by atoms with Crippen molar-refractivity contribution >= 4 is 23.1 Å². The van der Waals surface area contributed by atoms with E-state index in [1.54, 1.807) is 24.3 Å². The molecule has 1 saturated heterocycles. The number of hydrogen-bond donors (Lipinski definition) is 0. The average molecular weight is 654 g/mol. The van der Waals surface area contributed by atoms with Crippen LogP contribution in [-0.2, 0) is 15.2 Å². The van der Waals surface area contributed by atoms with Crippen LogP contribution >= 0.6 is 0 Å². The number of fused-ring (bicyclic) bond motifs is 4. The lowest BCUT2D eigenvalue weighted by Crippen LogP contribution is -2.37. The summed E-state index contributed by atoms with van der Waals surface area (Å²) in [6.45, 7) is 17.0. The van der Waals surface area contributed by atoms with Crippen molar-refractivity contribution in [2.75, 3.05) is 32.8 Å². The zero-order chi connectivity index (χ0) is 34.3. The van der Waals surface area contributed by atoms with E-state index in [9.17, 15) is 9.59 Å². The largest absolute Gasteiger partial charge is 0.492 e. The predicted molar refractivity (Wildman–Crippen MR) is 186 cm³/mol. The van der Waals surface area contributed by atoms with E-state index in [1.165, 1.54) is 19.3 Å². The molecule has 0 amide bonds. The van der Waals surface area contributed by atoms with Crippen molar-refractivity contribution in [1.29, 1.82) is 0 Å². The van der Waals surface area contributed by atoms with E-state index in [4.69, 9.17) is 23.7 Å². The molecule has 3 aromatic rings. The van der Waals surface area contributed by atoms with Crippen molar-refractivity contribution in [1.82, 2.24) is 4.90 Å². The van der Waals surface area contributed by atoms with Gasteiger partial charge < -0.3 is 23.7 Å². The van der Waals surface area contributed by atoms with Crippen molar-refractivity contribution in [2.24, 2.45) is 10.8 Å². The van der Waals surface area contributed by atoms with Gasteiger partial charge in [-0.25, -0.2) is 0 Å². The van der Waals surface area contributed by atoms with Gasteiger partial charge in [0.15, 0.2) is 5.60 Å². The minimum atomic E-state index is -0.969. The molecule has 3 aliphatic heterocycles. The lowest BCUT2D eigenvalue weighted by molar-refractivity contribution is -0.143. The second-order valence-corrected chi connectivity index (χ2v) is 15.2. The molecule has 3 heterocycles. The quantitative estimate of drug-likeness (QED) is 0.187. The molecule has 48 heavy (non-hydrogen) atoms. The smallest absolute Gasteiger partial charge is 0.316 e. The van der Waals surface area contributed by atoms with Gasteiger partial charge in [-0.05, 0) is 111 Å². The van der Waals surface area contributed by atoms with E-state index in [-0.39, 0.29) is 18.5 Å². The molecule has 1 atom stereocenters. The third kappa shape index (κ3) is 6.95. The SMILES string of the molecule is CC(C)(C)C(=O)Oc1ccc2c(c1)OC(C)(c1cccc(OCCN3CCCCC3)c1)C1=C2COc2cc(OC(=O)C(C)(C)C)ccc21. The Kier molecular flexibility index (Phi) is 9.07. The Hall–Kier alpha value is -4.30. The van der Waals surface area contributed by atoms with Crippen LogP contribution in [0.4, 0.5) is 0 Å². The lowest BCUT2D eigenvalue weighted by atomic mass is 9.76. The Morgan fingerprint density at radius 2 is 1.40 bits per heavy atom. The van der Waals surface area contributed by atoms with Gasteiger partial charge in [0.25, 0.3) is 0 Å². The molecular weight excluding hydrogens is 606 g/mol.